The van der Waals surface area contributed by atoms with Crippen LogP contribution in [-0.4, -0.2) is 39.2 Å². The molecule has 0 aliphatic carbocycles. The van der Waals surface area contributed by atoms with E-state index in [1.54, 1.807) is 18.4 Å². The Bertz CT molecular complexity index is 945. The second kappa shape index (κ2) is 10.4. The average Bonchev–Trinajstić information content (AvgIpc) is 3.50. The third-order valence-electron chi connectivity index (χ3n) is 5.69. The second-order valence-corrected chi connectivity index (χ2v) is 8.91. The Labute approximate surface area is 188 Å². The van der Waals surface area contributed by atoms with Gasteiger partial charge in [-0.3, -0.25) is 4.79 Å². The quantitative estimate of drug-likeness (QED) is 0.541. The van der Waals surface area contributed by atoms with Crippen molar-refractivity contribution in [2.45, 2.75) is 13.0 Å². The zero-order valence-corrected chi connectivity index (χ0v) is 18.7. The molecule has 1 atom stereocenters. The summed E-state index contributed by atoms with van der Waals surface area (Å²) in [5.74, 6) is 1.36. The highest BCUT2D eigenvalue weighted by Gasteiger charge is 2.23. The van der Waals surface area contributed by atoms with Crippen LogP contribution in [0, 0.1) is 5.92 Å². The number of nitrogens with zero attached hydrogens (tertiary/aromatic N) is 2. The Morgan fingerprint density at radius 2 is 1.94 bits per heavy atom. The lowest BCUT2D eigenvalue weighted by molar-refractivity contribution is -0.119. The number of rotatable bonds is 9. The summed E-state index contributed by atoms with van der Waals surface area (Å²) in [6.45, 7) is 3.79. The largest absolute Gasteiger partial charge is 0.497 e. The van der Waals surface area contributed by atoms with Crippen LogP contribution in [0.15, 0.2) is 72.1 Å². The third kappa shape index (κ3) is 5.79. The van der Waals surface area contributed by atoms with Gasteiger partial charge in [-0.1, -0.05) is 24.3 Å². The minimum absolute atomic E-state index is 0.0607. The van der Waals surface area contributed by atoms with Crippen molar-refractivity contribution in [3.8, 4) is 5.75 Å². The van der Waals surface area contributed by atoms with E-state index >= 15 is 0 Å². The number of nitrogens with one attached hydrogen (secondary N) is 1. The van der Waals surface area contributed by atoms with Crippen molar-refractivity contribution in [1.29, 1.82) is 0 Å². The van der Waals surface area contributed by atoms with Gasteiger partial charge in [-0.05, 0) is 60.2 Å². The Morgan fingerprint density at radius 3 is 2.65 bits per heavy atom. The van der Waals surface area contributed by atoms with E-state index in [9.17, 15) is 4.79 Å². The van der Waals surface area contributed by atoms with Gasteiger partial charge in [0, 0.05) is 35.9 Å². The first kappa shape index (κ1) is 21.2. The topological polar surface area (TPSA) is 44.8 Å². The molecule has 1 saturated heterocycles. The number of methoxy groups -OCH3 is 1. The average molecular weight is 436 g/mol. The fraction of sp³-hybridized carbons (Fsp3) is 0.320. The maximum atomic E-state index is 12.8. The number of amides is 1. The van der Waals surface area contributed by atoms with Gasteiger partial charge >= 0.3 is 0 Å². The molecule has 3 aromatic rings. The number of carbonyl (C=O) groups excluding carboxylic acids is 1. The van der Waals surface area contributed by atoms with Crippen LogP contribution in [0.3, 0.4) is 0 Å². The van der Waals surface area contributed by atoms with Crippen molar-refractivity contribution in [2.75, 3.05) is 43.1 Å². The van der Waals surface area contributed by atoms with Gasteiger partial charge in [-0.25, -0.2) is 0 Å². The summed E-state index contributed by atoms with van der Waals surface area (Å²) in [5.41, 5.74) is 2.28. The summed E-state index contributed by atoms with van der Waals surface area (Å²) in [5, 5.41) is 5.24. The fourth-order valence-electron chi connectivity index (χ4n) is 3.98. The van der Waals surface area contributed by atoms with E-state index in [2.05, 4.69) is 50.8 Å². The van der Waals surface area contributed by atoms with Crippen LogP contribution in [0.1, 0.15) is 11.3 Å². The van der Waals surface area contributed by atoms with E-state index in [0.29, 0.717) is 19.0 Å². The van der Waals surface area contributed by atoms with Crippen LogP contribution < -0.4 is 19.9 Å². The molecule has 1 fully saturated rings. The van der Waals surface area contributed by atoms with Gasteiger partial charge in [0.05, 0.1) is 20.2 Å². The molecule has 1 aromatic heterocycles. The zero-order valence-electron chi connectivity index (χ0n) is 17.9. The van der Waals surface area contributed by atoms with Crippen molar-refractivity contribution >= 4 is 28.6 Å². The zero-order chi connectivity index (χ0) is 21.5. The molecule has 1 unspecified atom stereocenters. The summed E-state index contributed by atoms with van der Waals surface area (Å²) in [7, 11) is 1.66. The van der Waals surface area contributed by atoms with Gasteiger partial charge in [0.2, 0.25) is 5.91 Å². The number of anilines is 2. The minimum Gasteiger partial charge on any atom is -0.497 e. The molecule has 1 amide bonds. The SMILES string of the molecule is COc1ccc(N(CC(=O)NCC2CCN(c3ccccc3)C2)Cc2cccs2)cc1. The molecular weight excluding hydrogens is 406 g/mol. The molecule has 1 aliphatic rings. The highest BCUT2D eigenvalue weighted by molar-refractivity contribution is 7.09. The molecule has 2 heterocycles. The van der Waals surface area contributed by atoms with Gasteiger partial charge in [-0.2, -0.15) is 0 Å². The van der Waals surface area contributed by atoms with Gasteiger partial charge in [0.15, 0.2) is 0 Å². The van der Waals surface area contributed by atoms with Crippen molar-refractivity contribution in [3.05, 3.63) is 77.0 Å². The van der Waals surface area contributed by atoms with Crippen LogP contribution in [-0.2, 0) is 11.3 Å². The van der Waals surface area contributed by atoms with Gasteiger partial charge in [0.25, 0.3) is 0 Å². The van der Waals surface area contributed by atoms with Gasteiger partial charge in [-0.15, -0.1) is 11.3 Å². The highest BCUT2D eigenvalue weighted by atomic mass is 32.1. The van der Waals surface area contributed by atoms with Crippen LogP contribution in [0.5, 0.6) is 5.75 Å². The van der Waals surface area contributed by atoms with Crippen molar-refractivity contribution in [1.82, 2.24) is 5.32 Å². The molecule has 31 heavy (non-hydrogen) atoms. The van der Waals surface area contributed by atoms with Crippen molar-refractivity contribution in [3.63, 3.8) is 0 Å². The maximum Gasteiger partial charge on any atom is 0.239 e. The summed E-state index contributed by atoms with van der Waals surface area (Å²) in [6.07, 6.45) is 1.10. The lowest BCUT2D eigenvalue weighted by atomic mass is 10.1. The van der Waals surface area contributed by atoms with E-state index in [1.807, 2.05) is 36.4 Å². The first-order valence-corrected chi connectivity index (χ1v) is 11.6. The Balaban J connectivity index is 1.32. The lowest BCUT2D eigenvalue weighted by Crippen LogP contribution is -2.39. The molecule has 6 heteroatoms. The second-order valence-electron chi connectivity index (χ2n) is 7.87. The first-order valence-electron chi connectivity index (χ1n) is 10.7. The van der Waals surface area contributed by atoms with E-state index in [4.69, 9.17) is 4.74 Å². The summed E-state index contributed by atoms with van der Waals surface area (Å²) in [6, 6.07) is 22.5. The van der Waals surface area contributed by atoms with E-state index in [0.717, 1.165) is 37.5 Å². The standard InChI is InChI=1S/C25H29N3O2S/c1-30-23-11-9-22(10-12-23)28(18-24-8-5-15-31-24)19-25(29)26-16-20-13-14-27(17-20)21-6-3-2-4-7-21/h2-12,15,20H,13-14,16-19H2,1H3,(H,26,29). The van der Waals surface area contributed by atoms with Crippen LogP contribution in [0.4, 0.5) is 11.4 Å². The predicted molar refractivity (Wildman–Crippen MR) is 128 cm³/mol. The van der Waals surface area contributed by atoms with Crippen LogP contribution >= 0.6 is 11.3 Å². The van der Waals surface area contributed by atoms with Crippen molar-refractivity contribution in [2.24, 2.45) is 5.92 Å². The Hall–Kier alpha value is -2.99. The number of thiophene rings is 1. The van der Waals surface area contributed by atoms with Crippen LogP contribution in [0.25, 0.3) is 0 Å². The van der Waals surface area contributed by atoms with Gasteiger partial charge < -0.3 is 19.9 Å². The number of ether oxygens (including phenoxy) is 1. The number of hydrogen-bond donors (Lipinski definition) is 1. The van der Waals surface area contributed by atoms with Crippen molar-refractivity contribution < 1.29 is 9.53 Å². The molecule has 162 valence electrons. The fourth-order valence-corrected chi connectivity index (χ4v) is 4.70. The smallest absolute Gasteiger partial charge is 0.239 e. The molecular formula is C25H29N3O2S. The third-order valence-corrected chi connectivity index (χ3v) is 6.56. The molecule has 4 rings (SSSR count). The summed E-state index contributed by atoms with van der Waals surface area (Å²) in [4.78, 5) is 18.5. The monoisotopic (exact) mass is 435 g/mol. The molecule has 0 spiro atoms. The molecule has 0 radical (unpaired) electrons. The summed E-state index contributed by atoms with van der Waals surface area (Å²) < 4.78 is 5.27. The molecule has 2 aromatic carbocycles. The molecule has 1 aliphatic heterocycles. The maximum absolute atomic E-state index is 12.8. The molecule has 0 saturated carbocycles. The normalized spacial score (nSPS) is 15.6. The van der Waals surface area contributed by atoms with E-state index in [1.165, 1.54) is 10.6 Å². The van der Waals surface area contributed by atoms with E-state index < -0.39 is 0 Å². The molecule has 5 nitrogen and oxygen atoms in total. The first-order chi connectivity index (χ1) is 15.2. The molecule has 0 bridgehead atoms. The highest BCUT2D eigenvalue weighted by Crippen LogP contribution is 2.24. The van der Waals surface area contributed by atoms with Crippen LogP contribution in [0.2, 0.25) is 0 Å². The number of para-hydroxylation sites is 1. The minimum atomic E-state index is 0.0607. The number of benzene rings is 2. The number of hydrogen-bond acceptors (Lipinski definition) is 5. The molecule has 1 N–H and O–H groups in total. The lowest BCUT2D eigenvalue weighted by Gasteiger charge is -2.24. The number of carbonyl (C=O) groups is 1. The Morgan fingerprint density at radius 1 is 1.13 bits per heavy atom. The van der Waals surface area contributed by atoms with E-state index in [-0.39, 0.29) is 5.91 Å². The van der Waals surface area contributed by atoms with Gasteiger partial charge in [0.1, 0.15) is 5.75 Å². The predicted octanol–water partition coefficient (Wildman–Crippen LogP) is 4.41. The summed E-state index contributed by atoms with van der Waals surface area (Å²) >= 11 is 1.71. The Kier molecular flexibility index (Phi) is 7.10.